The number of carbonyl (C=O) groups is 5. The Bertz CT molecular complexity index is 2260. The lowest BCUT2D eigenvalue weighted by atomic mass is 9.63. The van der Waals surface area contributed by atoms with Crippen molar-refractivity contribution in [3.05, 3.63) is 61.2 Å². The number of hydrogen-bond acceptors (Lipinski definition) is 7. The van der Waals surface area contributed by atoms with Crippen molar-refractivity contribution in [1.82, 2.24) is 29.7 Å². The minimum Gasteiger partial charge on any atom is -0.339 e. The van der Waals surface area contributed by atoms with E-state index in [2.05, 4.69) is 26.8 Å². The normalized spacial score (nSPS) is 30.6. The van der Waals surface area contributed by atoms with Crippen LogP contribution in [0.5, 0.6) is 0 Å². The zero-order valence-electron chi connectivity index (χ0n) is 33.5. The second-order valence-electron chi connectivity index (χ2n) is 19.1. The summed E-state index contributed by atoms with van der Waals surface area (Å²) in [7, 11) is -3.91. The van der Waals surface area contributed by atoms with Gasteiger partial charge in [-0.3, -0.25) is 28.5 Å². The number of para-hydroxylation sites is 2. The molecule has 308 valence electrons. The molecule has 3 N–H and O–H groups in total. The number of amides is 5. The smallest absolute Gasteiger partial charge is 0.326 e. The first-order chi connectivity index (χ1) is 27.6. The Morgan fingerprint density at radius 1 is 0.879 bits per heavy atom. The van der Waals surface area contributed by atoms with Gasteiger partial charge in [-0.05, 0) is 87.2 Å². The van der Waals surface area contributed by atoms with Gasteiger partial charge in [0.15, 0.2) is 0 Å². The van der Waals surface area contributed by atoms with Crippen LogP contribution in [0.3, 0.4) is 0 Å². The maximum absolute atomic E-state index is 15.0. The highest BCUT2D eigenvalue weighted by Gasteiger charge is 2.62. The number of rotatable bonds is 10. The standard InChI is InChI=1S/C44H54N6O7S/c1-5-27-23-44(27,41(54)47-58(56,57)31-14-15-31)46-39(52)37-21-28(45-42(55)50-35-12-8-6-10-32(35)33-11-7-9-13-36(33)50)24-48(37)40(53)34(43(2,3)4)22-38(51)49-29-17-25-16-26(19-29)20-30(49)18-25/h5-13,25-31,34,37H,1,14-24H2,2-4H3,(H,45,55)(H,46,52)(H,47,54)/t25?,26?,27?,28-,29?,30?,34-,37+,44-/m1/s1. The molecule has 0 spiro atoms. The van der Waals surface area contributed by atoms with E-state index < -0.39 is 68.0 Å². The van der Waals surface area contributed by atoms with E-state index >= 15 is 4.79 Å². The van der Waals surface area contributed by atoms with Crippen LogP contribution in [0.4, 0.5) is 4.79 Å². The zero-order chi connectivity index (χ0) is 40.9. The predicted octanol–water partition coefficient (Wildman–Crippen LogP) is 4.83. The van der Waals surface area contributed by atoms with Gasteiger partial charge in [0.25, 0.3) is 5.91 Å². The fourth-order valence-electron chi connectivity index (χ4n) is 11.0. The Labute approximate surface area is 339 Å². The molecule has 5 atom stereocenters. The highest BCUT2D eigenvalue weighted by Crippen LogP contribution is 2.50. The van der Waals surface area contributed by atoms with Crippen molar-refractivity contribution < 1.29 is 32.4 Å². The van der Waals surface area contributed by atoms with Crippen LogP contribution >= 0.6 is 0 Å². The van der Waals surface area contributed by atoms with Gasteiger partial charge in [0.05, 0.1) is 28.2 Å². The molecule has 7 fully saturated rings. The topological polar surface area (TPSA) is 167 Å². The van der Waals surface area contributed by atoms with Crippen LogP contribution in [-0.4, -0.2) is 93.9 Å². The second kappa shape index (κ2) is 13.9. The van der Waals surface area contributed by atoms with Gasteiger partial charge in [-0.25, -0.2) is 13.2 Å². The molecular weight excluding hydrogens is 757 g/mol. The summed E-state index contributed by atoms with van der Waals surface area (Å²) in [5.41, 5.74) is -0.781. The molecule has 7 aliphatic rings. The number of nitrogens with zero attached hydrogens (tertiary/aromatic N) is 3. The third-order valence-corrected chi connectivity index (χ3v) is 16.0. The highest BCUT2D eigenvalue weighted by atomic mass is 32.2. The van der Waals surface area contributed by atoms with Crippen LogP contribution < -0.4 is 15.4 Å². The van der Waals surface area contributed by atoms with E-state index in [1.807, 2.05) is 69.3 Å². The number of hydrogen-bond donors (Lipinski definition) is 3. The first kappa shape index (κ1) is 38.8. The summed E-state index contributed by atoms with van der Waals surface area (Å²) in [5.74, 6) is -1.82. The van der Waals surface area contributed by atoms with Crippen molar-refractivity contribution in [3.63, 3.8) is 0 Å². The van der Waals surface area contributed by atoms with Gasteiger partial charge in [0.1, 0.15) is 11.6 Å². The fourth-order valence-corrected chi connectivity index (χ4v) is 12.4. The first-order valence-electron chi connectivity index (χ1n) is 21.0. The molecule has 2 aromatic carbocycles. The Balaban J connectivity index is 1.00. The van der Waals surface area contributed by atoms with Gasteiger partial charge in [-0.15, -0.1) is 6.58 Å². The van der Waals surface area contributed by atoms with Crippen molar-refractivity contribution in [3.8, 4) is 0 Å². The molecule has 4 saturated carbocycles. The Hall–Kier alpha value is -4.72. The molecule has 1 aromatic heterocycles. The summed E-state index contributed by atoms with van der Waals surface area (Å²) in [6.07, 6.45) is 7.94. The molecule has 10 rings (SSSR count). The molecule has 14 heteroatoms. The van der Waals surface area contributed by atoms with E-state index in [-0.39, 0.29) is 49.7 Å². The summed E-state index contributed by atoms with van der Waals surface area (Å²) in [6.45, 7) is 9.61. The minimum atomic E-state index is -3.91. The molecule has 5 amide bonds. The molecule has 0 radical (unpaired) electrons. The van der Waals surface area contributed by atoms with Gasteiger partial charge in [0, 0.05) is 41.7 Å². The summed E-state index contributed by atoms with van der Waals surface area (Å²) in [5, 5.41) is 7.15. The fraction of sp³-hybridized carbons (Fsp3) is 0.568. The van der Waals surface area contributed by atoms with Crippen molar-refractivity contribution in [2.45, 2.75) is 120 Å². The van der Waals surface area contributed by atoms with E-state index in [0.717, 1.165) is 36.5 Å². The third kappa shape index (κ3) is 6.68. The first-order valence-corrected chi connectivity index (χ1v) is 22.5. The van der Waals surface area contributed by atoms with Gasteiger partial charge in [0.2, 0.25) is 27.7 Å². The average Bonchev–Trinajstić information content (AvgIpc) is 4.08. The molecular formula is C44H54N6O7S. The number of aromatic nitrogens is 1. The Morgan fingerprint density at radius 3 is 2.00 bits per heavy atom. The molecule has 3 saturated heterocycles. The van der Waals surface area contributed by atoms with Crippen LogP contribution in [0.15, 0.2) is 61.2 Å². The van der Waals surface area contributed by atoms with Crippen molar-refractivity contribution >= 4 is 61.5 Å². The van der Waals surface area contributed by atoms with Crippen molar-refractivity contribution in [2.24, 2.45) is 29.1 Å². The number of fused-ring (bicyclic) bond motifs is 3. The van der Waals surface area contributed by atoms with Crippen LogP contribution in [0.2, 0.25) is 0 Å². The number of likely N-dealkylation sites (tertiary alicyclic amines) is 1. The average molecular weight is 811 g/mol. The van der Waals surface area contributed by atoms with Crippen molar-refractivity contribution in [1.29, 1.82) is 0 Å². The SMILES string of the molecule is C=CC1C[C@]1(NC(=O)[C@@H]1C[C@@H](NC(=O)n2c3ccccc3c3ccccc32)CN1C(=O)[C@@H](CC(=O)N1C2CC3CC(C2)CC1C3)C(C)(C)C)C(=O)NS(=O)(=O)C1CC1. The molecule has 58 heavy (non-hydrogen) atoms. The van der Waals surface area contributed by atoms with E-state index in [4.69, 9.17) is 0 Å². The van der Waals surface area contributed by atoms with Crippen LogP contribution in [0, 0.1) is 29.1 Å². The number of benzene rings is 2. The molecule has 3 aliphatic heterocycles. The molecule has 4 heterocycles. The largest absolute Gasteiger partial charge is 0.339 e. The van der Waals surface area contributed by atoms with E-state index in [1.54, 1.807) is 4.57 Å². The third-order valence-electron chi connectivity index (χ3n) is 14.1. The lowest BCUT2D eigenvalue weighted by molar-refractivity contribution is -0.156. The summed E-state index contributed by atoms with van der Waals surface area (Å²) >= 11 is 0. The van der Waals surface area contributed by atoms with Crippen LogP contribution in [0.25, 0.3) is 21.8 Å². The van der Waals surface area contributed by atoms with E-state index in [1.165, 1.54) is 17.4 Å². The van der Waals surface area contributed by atoms with Crippen LogP contribution in [0.1, 0.15) is 85.0 Å². The summed E-state index contributed by atoms with van der Waals surface area (Å²) < 4.78 is 29.4. The number of piperidine rings is 2. The molecule has 4 aliphatic carbocycles. The molecule has 1 unspecified atom stereocenters. The molecule has 3 aromatic rings. The number of sulfonamides is 1. The van der Waals surface area contributed by atoms with Gasteiger partial charge < -0.3 is 20.4 Å². The monoisotopic (exact) mass is 810 g/mol. The molecule has 4 bridgehead atoms. The predicted molar refractivity (Wildman–Crippen MR) is 219 cm³/mol. The maximum Gasteiger partial charge on any atom is 0.326 e. The van der Waals surface area contributed by atoms with Gasteiger partial charge >= 0.3 is 6.03 Å². The number of nitrogens with one attached hydrogen (secondary N) is 3. The maximum atomic E-state index is 15.0. The summed E-state index contributed by atoms with van der Waals surface area (Å²) in [6, 6.07) is 13.5. The molecule has 13 nitrogen and oxygen atoms in total. The minimum absolute atomic E-state index is 0.000961. The second-order valence-corrected chi connectivity index (χ2v) is 21.0. The Morgan fingerprint density at radius 2 is 1.47 bits per heavy atom. The lowest BCUT2D eigenvalue weighted by Gasteiger charge is -2.56. The van der Waals surface area contributed by atoms with Crippen LogP contribution in [-0.2, 0) is 29.2 Å². The summed E-state index contributed by atoms with van der Waals surface area (Å²) in [4.78, 5) is 75.3. The van der Waals surface area contributed by atoms with Crippen molar-refractivity contribution in [2.75, 3.05) is 6.54 Å². The quantitative estimate of drug-likeness (QED) is 0.247. The Kier molecular flexibility index (Phi) is 9.33. The van der Waals surface area contributed by atoms with E-state index in [9.17, 15) is 27.6 Å². The highest BCUT2D eigenvalue weighted by molar-refractivity contribution is 7.91. The number of carbonyl (C=O) groups excluding carboxylic acids is 5. The van der Waals surface area contributed by atoms with Gasteiger partial charge in [-0.2, -0.15) is 0 Å². The van der Waals surface area contributed by atoms with E-state index in [0.29, 0.717) is 35.7 Å². The zero-order valence-corrected chi connectivity index (χ0v) is 34.3. The lowest BCUT2D eigenvalue weighted by Crippen LogP contribution is -2.60. The van der Waals surface area contributed by atoms with Gasteiger partial charge in [-0.1, -0.05) is 63.2 Å².